The number of nitrogens with two attached hydrogens (primary N) is 1. The lowest BCUT2D eigenvalue weighted by molar-refractivity contribution is -0.0238. The van der Waals surface area contributed by atoms with Crippen LogP contribution in [0.1, 0.15) is 32.4 Å². The molecule has 58 heavy (non-hydrogen) atoms. The summed E-state index contributed by atoms with van der Waals surface area (Å²) in [5, 5.41) is 0. The van der Waals surface area contributed by atoms with Gasteiger partial charge in [0, 0.05) is 56.5 Å². The van der Waals surface area contributed by atoms with Crippen LogP contribution in [0.2, 0.25) is 0 Å². The van der Waals surface area contributed by atoms with Crippen molar-refractivity contribution in [3.05, 3.63) is 83.4 Å². The summed E-state index contributed by atoms with van der Waals surface area (Å²) in [6, 6.07) is 17.9. The number of methoxy groups -OCH3 is 2. The van der Waals surface area contributed by atoms with Gasteiger partial charge in [-0.3, -0.25) is 9.80 Å². The lowest BCUT2D eigenvalue weighted by Crippen LogP contribution is -2.35. The molecule has 0 spiro atoms. The summed E-state index contributed by atoms with van der Waals surface area (Å²) in [7, 11) is 2.69. The lowest BCUT2D eigenvalue weighted by atomic mass is 10.2. The number of nitrogen functional groups attached to an aromatic ring is 1. The van der Waals surface area contributed by atoms with Crippen molar-refractivity contribution in [3.63, 3.8) is 0 Å². The van der Waals surface area contributed by atoms with E-state index in [1.165, 1.54) is 14.2 Å². The van der Waals surface area contributed by atoms with E-state index in [1.807, 2.05) is 24.3 Å². The molecule has 0 saturated carbocycles. The minimum absolute atomic E-state index is 0.165. The van der Waals surface area contributed by atoms with Gasteiger partial charge < -0.3 is 48.4 Å². The van der Waals surface area contributed by atoms with Crippen LogP contribution in [0.15, 0.2) is 60.7 Å². The lowest BCUT2D eigenvalue weighted by Gasteiger charge is -2.25. The number of rotatable bonds is 18. The number of nitrogens with zero attached hydrogens (tertiary/aromatic N) is 4. The second-order valence-corrected chi connectivity index (χ2v) is 14.2. The van der Waals surface area contributed by atoms with Gasteiger partial charge in [0.2, 0.25) is 0 Å². The van der Waals surface area contributed by atoms with Crippen molar-refractivity contribution < 1.29 is 52.2 Å². The molecule has 1 atom stereocenters. The topological polar surface area (TPSA) is 175 Å². The predicted octanol–water partition coefficient (Wildman–Crippen LogP) is 3.23. The molecule has 0 unspecified atom stereocenters. The molecule has 0 bridgehead atoms. The van der Waals surface area contributed by atoms with Crippen molar-refractivity contribution in [3.8, 4) is 5.75 Å². The molecule has 1 saturated heterocycles. The fraction of sp³-hybridized carbons (Fsp3) is 0.561. The first-order valence-electron chi connectivity index (χ1n) is 19.5. The van der Waals surface area contributed by atoms with Crippen LogP contribution >= 0.6 is 11.8 Å². The molecule has 1 fully saturated rings. The Morgan fingerprint density at radius 1 is 0.690 bits per heavy atom. The second kappa shape index (κ2) is 28.5. The fourth-order valence-corrected chi connectivity index (χ4v) is 6.48. The number of hydrogen-bond acceptors (Lipinski definition) is 17. The van der Waals surface area contributed by atoms with Gasteiger partial charge in [-0.2, -0.15) is 11.8 Å². The van der Waals surface area contributed by atoms with Gasteiger partial charge in [-0.15, -0.1) is 0 Å². The van der Waals surface area contributed by atoms with Crippen LogP contribution in [0.3, 0.4) is 0 Å². The maximum Gasteiger partial charge on any atom is 0.356 e. The van der Waals surface area contributed by atoms with Gasteiger partial charge in [0.25, 0.3) is 0 Å². The minimum atomic E-state index is -0.476. The summed E-state index contributed by atoms with van der Waals surface area (Å²) in [6.07, 6.45) is -0.165. The third-order valence-electron chi connectivity index (χ3n) is 8.69. The average Bonchev–Trinajstić information content (AvgIpc) is 3.24. The minimum Gasteiger partial charge on any atom is -0.491 e. The number of esters is 2. The summed E-state index contributed by atoms with van der Waals surface area (Å²) in [6.45, 7) is 9.20. The van der Waals surface area contributed by atoms with Crippen molar-refractivity contribution in [2.75, 3.05) is 137 Å². The first kappa shape index (κ1) is 46.8. The Hall–Kier alpha value is -3.91. The molecule has 2 N–H and O–H groups in total. The van der Waals surface area contributed by atoms with Crippen LogP contribution in [-0.4, -0.2) is 169 Å². The zero-order chi connectivity index (χ0) is 41.0. The highest BCUT2D eigenvalue weighted by Crippen LogP contribution is 2.13. The van der Waals surface area contributed by atoms with Crippen LogP contribution in [0.5, 0.6) is 5.75 Å². The normalized spacial score (nSPS) is 17.2. The van der Waals surface area contributed by atoms with Crippen LogP contribution in [0.4, 0.5) is 5.69 Å². The monoisotopic (exact) mass is 829 g/mol. The molecule has 3 aromatic rings. The molecule has 4 rings (SSSR count). The fourth-order valence-electron chi connectivity index (χ4n) is 5.62. The van der Waals surface area contributed by atoms with Crippen LogP contribution in [-0.2, 0) is 51.0 Å². The number of pyridine rings is 2. The number of anilines is 1. The number of carbonyl (C=O) groups is 2. The van der Waals surface area contributed by atoms with Gasteiger partial charge in [-0.1, -0.05) is 12.1 Å². The van der Waals surface area contributed by atoms with E-state index in [2.05, 4.69) is 19.8 Å². The largest absolute Gasteiger partial charge is 0.491 e. The molecular weight excluding hydrogens is 771 g/mol. The SMILES string of the molecule is COC(=O)c1cccc(CN2CCOCCOCCN(Cc3cccc(C(=O)OC)n3)CCO[C@H](CSCCOCCOCCOc3ccc(N)cc3)COCC2)n1. The number of aromatic nitrogens is 2. The third kappa shape index (κ3) is 19.2. The molecule has 17 heteroatoms. The number of hydrogen-bond donors (Lipinski definition) is 1. The van der Waals surface area contributed by atoms with E-state index in [0.29, 0.717) is 124 Å². The number of thioether (sulfide) groups is 1. The van der Waals surface area contributed by atoms with E-state index in [9.17, 15) is 9.59 Å². The highest BCUT2D eigenvalue weighted by Gasteiger charge is 2.16. The highest BCUT2D eigenvalue weighted by molar-refractivity contribution is 7.99. The maximum absolute atomic E-state index is 12.1. The van der Waals surface area contributed by atoms with E-state index in [1.54, 1.807) is 48.2 Å². The molecule has 16 nitrogen and oxygen atoms in total. The standard InChI is InChI=1S/C41H59N5O11S/c1-49-40(47)38-7-3-5-34(43-38)29-45-13-17-51-21-22-52-18-14-46(30-35-6-4-8-39(44-35)41(48)50-2)16-20-56-37(31-55-19-15-45)32-58-28-27-54-24-23-53-25-26-57-36-11-9-33(42)10-12-36/h3-12,37H,13-32,42H2,1-2H3/t37-/m0/s1. The van der Waals surface area contributed by atoms with Gasteiger partial charge in [-0.05, 0) is 48.5 Å². The zero-order valence-corrected chi connectivity index (χ0v) is 34.6. The van der Waals surface area contributed by atoms with Gasteiger partial charge in [0.05, 0.1) is 104 Å². The van der Waals surface area contributed by atoms with Gasteiger partial charge in [0.1, 0.15) is 23.7 Å². The van der Waals surface area contributed by atoms with E-state index >= 15 is 0 Å². The van der Waals surface area contributed by atoms with E-state index < -0.39 is 11.9 Å². The third-order valence-corrected chi connectivity index (χ3v) is 9.75. The summed E-state index contributed by atoms with van der Waals surface area (Å²) in [5.41, 5.74) is 8.44. The molecule has 0 radical (unpaired) electrons. The smallest absolute Gasteiger partial charge is 0.356 e. The second-order valence-electron chi connectivity index (χ2n) is 13.1. The summed E-state index contributed by atoms with van der Waals surface area (Å²) < 4.78 is 51.3. The average molecular weight is 830 g/mol. The molecule has 3 heterocycles. The highest BCUT2D eigenvalue weighted by atomic mass is 32.2. The Morgan fingerprint density at radius 2 is 1.22 bits per heavy atom. The first-order valence-corrected chi connectivity index (χ1v) is 20.7. The molecule has 1 aliphatic rings. The molecule has 0 aliphatic carbocycles. The molecular formula is C41H59N5O11S. The van der Waals surface area contributed by atoms with Crippen molar-refractivity contribution in [1.29, 1.82) is 0 Å². The zero-order valence-electron chi connectivity index (χ0n) is 33.8. The van der Waals surface area contributed by atoms with Crippen LogP contribution < -0.4 is 10.5 Å². The molecule has 320 valence electrons. The molecule has 1 aliphatic heterocycles. The van der Waals surface area contributed by atoms with Crippen molar-refractivity contribution in [2.24, 2.45) is 0 Å². The molecule has 2 aromatic heterocycles. The Morgan fingerprint density at radius 3 is 1.81 bits per heavy atom. The Balaban J connectivity index is 1.26. The van der Waals surface area contributed by atoms with Crippen molar-refractivity contribution in [2.45, 2.75) is 19.2 Å². The summed E-state index contributed by atoms with van der Waals surface area (Å²) in [5.74, 6) is 1.31. The van der Waals surface area contributed by atoms with E-state index in [0.717, 1.165) is 28.6 Å². The first-order chi connectivity index (χ1) is 28.4. The Bertz CT molecular complexity index is 1590. The van der Waals surface area contributed by atoms with E-state index in [-0.39, 0.29) is 17.5 Å². The summed E-state index contributed by atoms with van der Waals surface area (Å²) >= 11 is 1.74. The van der Waals surface area contributed by atoms with Crippen LogP contribution in [0.25, 0.3) is 0 Å². The van der Waals surface area contributed by atoms with Gasteiger partial charge in [0.15, 0.2) is 0 Å². The van der Waals surface area contributed by atoms with Gasteiger partial charge in [-0.25, -0.2) is 19.6 Å². The van der Waals surface area contributed by atoms with Crippen molar-refractivity contribution in [1.82, 2.24) is 19.8 Å². The molecule has 0 amide bonds. The summed E-state index contributed by atoms with van der Waals surface area (Å²) in [4.78, 5) is 37.6. The quantitative estimate of drug-likeness (QED) is 0.112. The van der Waals surface area contributed by atoms with Crippen LogP contribution in [0, 0.1) is 0 Å². The predicted molar refractivity (Wildman–Crippen MR) is 219 cm³/mol. The number of ether oxygens (including phenoxy) is 9. The van der Waals surface area contributed by atoms with Gasteiger partial charge >= 0.3 is 11.9 Å². The number of benzene rings is 1. The van der Waals surface area contributed by atoms with E-state index in [4.69, 9.17) is 48.4 Å². The van der Waals surface area contributed by atoms with Crippen molar-refractivity contribution >= 4 is 29.4 Å². The Labute approximate surface area is 345 Å². The maximum atomic E-state index is 12.1. The number of carbonyl (C=O) groups excluding carboxylic acids is 2. The molecule has 1 aromatic carbocycles. The Kier molecular flexibility index (Phi) is 23.0.